The van der Waals surface area contributed by atoms with Crippen LogP contribution in [-0.4, -0.2) is 35.7 Å². The fraction of sp³-hybridized carbons (Fsp3) is 0.722. The highest BCUT2D eigenvalue weighted by atomic mass is 16.2. The second-order valence-electron chi connectivity index (χ2n) is 6.11. The molecule has 0 bridgehead atoms. The number of rotatable bonds is 13. The third-order valence-electron chi connectivity index (χ3n) is 4.13. The summed E-state index contributed by atoms with van der Waals surface area (Å²) in [6.07, 6.45) is 11.8. The fourth-order valence-corrected chi connectivity index (χ4v) is 2.76. The molecule has 1 heterocycles. The third-order valence-corrected chi connectivity index (χ3v) is 4.13. The van der Waals surface area contributed by atoms with Crippen LogP contribution in [0.5, 0.6) is 0 Å². The molecule has 0 saturated carbocycles. The molecule has 0 unspecified atom stereocenters. The summed E-state index contributed by atoms with van der Waals surface area (Å²) in [4.78, 5) is 35.6. The van der Waals surface area contributed by atoms with Gasteiger partial charge in [-0.15, -0.1) is 6.58 Å². The number of nitrogens with zero attached hydrogens (tertiary/aromatic N) is 1. The Balaban J connectivity index is 1.85. The molecule has 0 spiro atoms. The van der Waals surface area contributed by atoms with Gasteiger partial charge >= 0.3 is 0 Å². The van der Waals surface area contributed by atoms with Crippen LogP contribution in [0, 0.1) is 0 Å². The Morgan fingerprint density at radius 2 is 1.48 bits per heavy atom. The van der Waals surface area contributed by atoms with E-state index < -0.39 is 0 Å². The molecule has 0 aromatic rings. The topological polar surface area (TPSA) is 66.5 Å². The SMILES string of the molecule is C=CCNC(=O)CCCCCCCCCCN1C(=O)CCC1=O. The van der Waals surface area contributed by atoms with Crippen LogP contribution in [-0.2, 0) is 14.4 Å². The number of hydrogen-bond acceptors (Lipinski definition) is 3. The van der Waals surface area contributed by atoms with Crippen molar-refractivity contribution in [2.24, 2.45) is 0 Å². The highest BCUT2D eigenvalue weighted by Gasteiger charge is 2.27. The Hall–Kier alpha value is -1.65. The molecule has 0 aromatic heterocycles. The van der Waals surface area contributed by atoms with E-state index >= 15 is 0 Å². The van der Waals surface area contributed by atoms with Crippen molar-refractivity contribution in [1.29, 1.82) is 0 Å². The summed E-state index contributed by atoms with van der Waals surface area (Å²) in [5.41, 5.74) is 0. The van der Waals surface area contributed by atoms with Gasteiger partial charge in [-0.05, 0) is 12.8 Å². The second kappa shape index (κ2) is 11.9. The summed E-state index contributed by atoms with van der Waals surface area (Å²) < 4.78 is 0. The molecule has 1 aliphatic heterocycles. The molecule has 130 valence electrons. The Bertz CT molecular complexity index is 391. The molecule has 0 aliphatic carbocycles. The van der Waals surface area contributed by atoms with Gasteiger partial charge in [0, 0.05) is 32.4 Å². The molecular formula is C18H30N2O3. The maximum absolute atomic E-state index is 11.4. The van der Waals surface area contributed by atoms with Gasteiger partial charge < -0.3 is 5.32 Å². The van der Waals surface area contributed by atoms with Crippen molar-refractivity contribution >= 4 is 17.7 Å². The minimum atomic E-state index is -0.00729. The van der Waals surface area contributed by atoms with Crippen molar-refractivity contribution in [3.8, 4) is 0 Å². The molecule has 1 rings (SSSR count). The maximum atomic E-state index is 11.4. The Kier molecular flexibility index (Phi) is 10.00. The first-order valence-electron chi connectivity index (χ1n) is 8.86. The van der Waals surface area contributed by atoms with Crippen molar-refractivity contribution in [3.05, 3.63) is 12.7 Å². The lowest BCUT2D eigenvalue weighted by atomic mass is 10.1. The average molecular weight is 322 g/mol. The molecule has 1 saturated heterocycles. The van der Waals surface area contributed by atoms with Gasteiger partial charge in [0.05, 0.1) is 0 Å². The Labute approximate surface area is 139 Å². The van der Waals surface area contributed by atoms with Crippen LogP contribution in [0.3, 0.4) is 0 Å². The number of likely N-dealkylation sites (tertiary alicyclic amines) is 1. The second-order valence-corrected chi connectivity index (χ2v) is 6.11. The summed E-state index contributed by atoms with van der Waals surface area (Å²) in [6, 6.07) is 0. The number of nitrogens with one attached hydrogen (secondary N) is 1. The summed E-state index contributed by atoms with van der Waals surface area (Å²) in [7, 11) is 0. The van der Waals surface area contributed by atoms with E-state index in [1.54, 1.807) is 6.08 Å². The van der Waals surface area contributed by atoms with Gasteiger partial charge in [0.1, 0.15) is 0 Å². The zero-order chi connectivity index (χ0) is 16.9. The van der Waals surface area contributed by atoms with Gasteiger partial charge in [-0.25, -0.2) is 0 Å². The molecule has 0 aromatic carbocycles. The van der Waals surface area contributed by atoms with Crippen LogP contribution in [0.25, 0.3) is 0 Å². The normalized spacial score (nSPS) is 14.3. The summed E-state index contributed by atoms with van der Waals surface area (Å²) in [5, 5.41) is 2.78. The van der Waals surface area contributed by atoms with Crippen LogP contribution < -0.4 is 5.32 Å². The number of unbranched alkanes of at least 4 members (excludes halogenated alkanes) is 7. The molecule has 1 N–H and O–H groups in total. The minimum Gasteiger partial charge on any atom is -0.353 e. The first kappa shape index (κ1) is 19.4. The van der Waals surface area contributed by atoms with Gasteiger partial charge in [0.15, 0.2) is 0 Å². The van der Waals surface area contributed by atoms with Crippen LogP contribution in [0.1, 0.15) is 70.6 Å². The monoisotopic (exact) mass is 322 g/mol. The van der Waals surface area contributed by atoms with Crippen LogP contribution in [0.2, 0.25) is 0 Å². The van der Waals surface area contributed by atoms with Crippen molar-refractivity contribution in [3.63, 3.8) is 0 Å². The van der Waals surface area contributed by atoms with Gasteiger partial charge in [0.2, 0.25) is 17.7 Å². The highest BCUT2D eigenvalue weighted by Crippen LogP contribution is 2.14. The van der Waals surface area contributed by atoms with Crippen molar-refractivity contribution in [2.45, 2.75) is 70.6 Å². The fourth-order valence-electron chi connectivity index (χ4n) is 2.76. The van der Waals surface area contributed by atoms with Crippen molar-refractivity contribution in [1.82, 2.24) is 10.2 Å². The van der Waals surface area contributed by atoms with E-state index in [0.717, 1.165) is 38.5 Å². The van der Waals surface area contributed by atoms with E-state index in [4.69, 9.17) is 0 Å². The van der Waals surface area contributed by atoms with E-state index in [1.165, 1.54) is 17.7 Å². The van der Waals surface area contributed by atoms with Crippen molar-refractivity contribution in [2.75, 3.05) is 13.1 Å². The zero-order valence-electron chi connectivity index (χ0n) is 14.1. The number of amides is 3. The van der Waals surface area contributed by atoms with Crippen molar-refractivity contribution < 1.29 is 14.4 Å². The van der Waals surface area contributed by atoms with Gasteiger partial charge in [0.25, 0.3) is 0 Å². The van der Waals surface area contributed by atoms with Gasteiger partial charge in [-0.1, -0.05) is 44.6 Å². The zero-order valence-corrected chi connectivity index (χ0v) is 14.1. The van der Waals surface area contributed by atoms with Crippen LogP contribution in [0.4, 0.5) is 0 Å². The van der Waals surface area contributed by atoms with Crippen LogP contribution in [0.15, 0.2) is 12.7 Å². The van der Waals surface area contributed by atoms with Crippen LogP contribution >= 0.6 is 0 Å². The molecule has 5 nitrogen and oxygen atoms in total. The highest BCUT2D eigenvalue weighted by molar-refractivity contribution is 6.01. The molecule has 0 atom stereocenters. The number of hydrogen-bond donors (Lipinski definition) is 1. The standard InChI is InChI=1S/C18H30N2O3/c1-2-14-19-16(21)11-9-7-5-3-4-6-8-10-15-20-17(22)12-13-18(20)23/h2H,1,3-15H2,(H,19,21). The predicted octanol–water partition coefficient (Wildman–Crippen LogP) is 2.95. The molecular weight excluding hydrogens is 292 g/mol. The molecule has 1 fully saturated rings. The van der Waals surface area contributed by atoms with E-state index in [1.807, 2.05) is 0 Å². The average Bonchev–Trinajstić information content (AvgIpc) is 2.86. The maximum Gasteiger partial charge on any atom is 0.229 e. The van der Waals surface area contributed by atoms with E-state index in [2.05, 4.69) is 11.9 Å². The smallest absolute Gasteiger partial charge is 0.229 e. The lowest BCUT2D eigenvalue weighted by molar-refractivity contribution is -0.138. The summed E-state index contributed by atoms with van der Waals surface area (Å²) in [6.45, 7) is 4.71. The van der Waals surface area contributed by atoms with Gasteiger partial charge in [-0.3, -0.25) is 19.3 Å². The first-order chi connectivity index (χ1) is 11.1. The lowest BCUT2D eigenvalue weighted by Crippen LogP contribution is -2.29. The minimum absolute atomic E-state index is 0.00729. The van der Waals surface area contributed by atoms with E-state index in [9.17, 15) is 14.4 Å². The molecule has 0 radical (unpaired) electrons. The predicted molar refractivity (Wildman–Crippen MR) is 90.7 cm³/mol. The number of carbonyl (C=O) groups excluding carboxylic acids is 3. The first-order valence-corrected chi connectivity index (χ1v) is 8.86. The van der Waals surface area contributed by atoms with E-state index in [-0.39, 0.29) is 17.7 Å². The van der Waals surface area contributed by atoms with E-state index in [0.29, 0.717) is 32.4 Å². The lowest BCUT2D eigenvalue weighted by Gasteiger charge is -2.13. The summed E-state index contributed by atoms with van der Waals surface area (Å²) in [5.74, 6) is 0.0927. The molecule has 23 heavy (non-hydrogen) atoms. The Morgan fingerprint density at radius 1 is 0.957 bits per heavy atom. The quantitative estimate of drug-likeness (QED) is 0.322. The molecule has 1 aliphatic rings. The Morgan fingerprint density at radius 3 is 2.04 bits per heavy atom. The molecule has 5 heteroatoms. The number of carbonyl (C=O) groups is 3. The van der Waals surface area contributed by atoms with Gasteiger partial charge in [-0.2, -0.15) is 0 Å². The largest absolute Gasteiger partial charge is 0.353 e. The third kappa shape index (κ3) is 8.53. The summed E-state index contributed by atoms with van der Waals surface area (Å²) >= 11 is 0. The number of imide groups is 1. The molecule has 3 amide bonds.